The van der Waals surface area contributed by atoms with Crippen LogP contribution in [0.1, 0.15) is 59.3 Å². The average molecular weight is 282 g/mol. The molecule has 0 spiro atoms. The van der Waals surface area contributed by atoms with Crippen molar-refractivity contribution in [2.75, 3.05) is 6.54 Å². The van der Waals surface area contributed by atoms with Crippen LogP contribution < -0.4 is 5.32 Å². The van der Waals surface area contributed by atoms with E-state index < -0.39 is 0 Å². The van der Waals surface area contributed by atoms with E-state index in [4.69, 9.17) is 0 Å². The highest BCUT2D eigenvalue weighted by Gasteiger charge is 2.23. The normalized spacial score (nSPS) is 12.9. The second kappa shape index (κ2) is 7.44. The summed E-state index contributed by atoms with van der Waals surface area (Å²) in [5.41, 5.74) is 0.236. The quantitative estimate of drug-likeness (QED) is 0.701. The van der Waals surface area contributed by atoms with E-state index >= 15 is 0 Å². The lowest BCUT2D eigenvalue weighted by atomic mass is 9.89. The first-order valence-electron chi connectivity index (χ1n) is 7.58. The summed E-state index contributed by atoms with van der Waals surface area (Å²) in [7, 11) is 0. The first-order chi connectivity index (χ1) is 8.81. The van der Waals surface area contributed by atoms with E-state index in [2.05, 4.69) is 64.4 Å². The fourth-order valence-corrected chi connectivity index (χ4v) is 3.40. The molecule has 1 N–H and O–H groups in total. The molecule has 0 fully saturated rings. The fourth-order valence-electron chi connectivity index (χ4n) is 2.55. The van der Waals surface area contributed by atoms with E-state index in [1.165, 1.54) is 17.7 Å². The second-order valence-corrected chi connectivity index (χ2v) is 8.15. The number of hydrogen-bond acceptors (Lipinski definition) is 2. The first kappa shape index (κ1) is 16.7. The van der Waals surface area contributed by atoms with Crippen molar-refractivity contribution in [3.8, 4) is 0 Å². The van der Waals surface area contributed by atoms with Gasteiger partial charge in [-0.1, -0.05) is 47.6 Å². The van der Waals surface area contributed by atoms with Crippen LogP contribution in [0.25, 0.3) is 0 Å². The third kappa shape index (κ3) is 6.09. The largest absolute Gasteiger partial charge is 0.313 e. The monoisotopic (exact) mass is 281 g/mol. The Kier molecular flexibility index (Phi) is 6.55. The predicted octanol–water partition coefficient (Wildman–Crippen LogP) is 5.08. The summed E-state index contributed by atoms with van der Waals surface area (Å²) >= 11 is 1.87. The molecule has 2 heteroatoms. The number of rotatable bonds is 8. The molecule has 1 rings (SSSR count). The number of nitrogens with one attached hydrogen (secondary N) is 1. The van der Waals surface area contributed by atoms with Gasteiger partial charge < -0.3 is 5.32 Å². The van der Waals surface area contributed by atoms with Crippen LogP contribution in [0.15, 0.2) is 17.5 Å². The van der Waals surface area contributed by atoms with E-state index in [9.17, 15) is 0 Å². The number of thiophene rings is 1. The van der Waals surface area contributed by atoms with Crippen LogP contribution in [-0.2, 0) is 5.41 Å². The van der Waals surface area contributed by atoms with Crippen LogP contribution in [0.2, 0.25) is 0 Å². The van der Waals surface area contributed by atoms with Crippen LogP contribution in [0.5, 0.6) is 0 Å². The lowest BCUT2D eigenvalue weighted by Crippen LogP contribution is -2.40. The van der Waals surface area contributed by atoms with Gasteiger partial charge in [0.05, 0.1) is 0 Å². The highest BCUT2D eigenvalue weighted by Crippen LogP contribution is 2.27. The highest BCUT2D eigenvalue weighted by molar-refractivity contribution is 7.10. The van der Waals surface area contributed by atoms with E-state index in [-0.39, 0.29) is 5.41 Å². The van der Waals surface area contributed by atoms with Crippen molar-refractivity contribution >= 4 is 11.3 Å². The zero-order valence-corrected chi connectivity index (χ0v) is 14.3. The van der Waals surface area contributed by atoms with Gasteiger partial charge in [0.15, 0.2) is 0 Å². The van der Waals surface area contributed by atoms with Gasteiger partial charge in [0.2, 0.25) is 0 Å². The molecule has 1 aromatic rings. The minimum absolute atomic E-state index is 0.236. The fraction of sp³-hybridized carbons (Fsp3) is 0.765. The molecular weight excluding hydrogens is 250 g/mol. The summed E-state index contributed by atoms with van der Waals surface area (Å²) in [5, 5.41) is 6.00. The third-order valence-electron chi connectivity index (χ3n) is 3.53. The van der Waals surface area contributed by atoms with Crippen LogP contribution in [-0.4, -0.2) is 12.6 Å². The molecule has 0 aliphatic heterocycles. The molecular formula is C17H31NS. The Morgan fingerprint density at radius 2 is 1.68 bits per heavy atom. The molecule has 19 heavy (non-hydrogen) atoms. The Bertz CT molecular complexity index is 328. The summed E-state index contributed by atoms with van der Waals surface area (Å²) in [6.07, 6.45) is 2.55. The Hall–Kier alpha value is -0.340. The summed E-state index contributed by atoms with van der Waals surface area (Å²) in [6, 6.07) is 5.06. The standard InChI is InChI=1S/C17H31NS/c1-13(2)10-15(11-14(3)4)18-12-17(5,6)16-8-7-9-19-16/h7-9,13-15,18H,10-12H2,1-6H3. The molecule has 0 radical (unpaired) electrons. The minimum atomic E-state index is 0.236. The van der Waals surface area contributed by atoms with Gasteiger partial charge in [-0.3, -0.25) is 0 Å². The molecule has 0 aliphatic rings. The van der Waals surface area contributed by atoms with Crippen molar-refractivity contribution in [1.82, 2.24) is 5.32 Å². The average Bonchev–Trinajstić information content (AvgIpc) is 2.78. The molecule has 110 valence electrons. The van der Waals surface area contributed by atoms with Gasteiger partial charge in [0.1, 0.15) is 0 Å². The maximum atomic E-state index is 3.82. The number of hydrogen-bond donors (Lipinski definition) is 1. The summed E-state index contributed by atoms with van der Waals surface area (Å²) in [4.78, 5) is 1.48. The van der Waals surface area contributed by atoms with E-state index in [0.29, 0.717) is 6.04 Å². The van der Waals surface area contributed by atoms with Crippen molar-refractivity contribution in [1.29, 1.82) is 0 Å². The molecule has 1 aromatic heterocycles. The summed E-state index contributed by atoms with van der Waals surface area (Å²) < 4.78 is 0. The van der Waals surface area contributed by atoms with Gasteiger partial charge in [-0.15, -0.1) is 11.3 Å². The Labute approximate surface area is 123 Å². The highest BCUT2D eigenvalue weighted by atomic mass is 32.1. The van der Waals surface area contributed by atoms with Crippen LogP contribution >= 0.6 is 11.3 Å². The Morgan fingerprint density at radius 3 is 2.11 bits per heavy atom. The van der Waals surface area contributed by atoms with Crippen molar-refractivity contribution in [3.63, 3.8) is 0 Å². The maximum absolute atomic E-state index is 3.82. The van der Waals surface area contributed by atoms with Crippen LogP contribution in [0, 0.1) is 11.8 Å². The van der Waals surface area contributed by atoms with Gasteiger partial charge in [-0.25, -0.2) is 0 Å². The summed E-state index contributed by atoms with van der Waals surface area (Å²) in [5.74, 6) is 1.53. The van der Waals surface area contributed by atoms with Crippen molar-refractivity contribution in [3.05, 3.63) is 22.4 Å². The second-order valence-electron chi connectivity index (χ2n) is 7.20. The van der Waals surface area contributed by atoms with Crippen molar-refractivity contribution < 1.29 is 0 Å². The lowest BCUT2D eigenvalue weighted by Gasteiger charge is -2.29. The zero-order chi connectivity index (χ0) is 14.5. The zero-order valence-electron chi connectivity index (χ0n) is 13.5. The van der Waals surface area contributed by atoms with Gasteiger partial charge in [-0.05, 0) is 36.1 Å². The Balaban J connectivity index is 2.55. The molecule has 1 heterocycles. The van der Waals surface area contributed by atoms with E-state index in [1.807, 2.05) is 11.3 Å². The SMILES string of the molecule is CC(C)CC(CC(C)C)NCC(C)(C)c1cccs1. The molecule has 0 atom stereocenters. The van der Waals surface area contributed by atoms with Gasteiger partial charge in [0.25, 0.3) is 0 Å². The molecule has 0 saturated heterocycles. The van der Waals surface area contributed by atoms with E-state index in [1.54, 1.807) is 0 Å². The molecule has 0 amide bonds. The first-order valence-corrected chi connectivity index (χ1v) is 8.46. The van der Waals surface area contributed by atoms with Crippen LogP contribution in [0.3, 0.4) is 0 Å². The lowest BCUT2D eigenvalue weighted by molar-refractivity contribution is 0.332. The van der Waals surface area contributed by atoms with E-state index in [0.717, 1.165) is 18.4 Å². The smallest absolute Gasteiger partial charge is 0.0115 e. The van der Waals surface area contributed by atoms with Gasteiger partial charge in [-0.2, -0.15) is 0 Å². The van der Waals surface area contributed by atoms with Gasteiger partial charge >= 0.3 is 0 Å². The maximum Gasteiger partial charge on any atom is 0.0115 e. The predicted molar refractivity (Wildman–Crippen MR) is 88.0 cm³/mol. The molecule has 0 bridgehead atoms. The van der Waals surface area contributed by atoms with Gasteiger partial charge in [0, 0.05) is 22.9 Å². The van der Waals surface area contributed by atoms with Crippen molar-refractivity contribution in [2.24, 2.45) is 11.8 Å². The molecule has 0 aliphatic carbocycles. The van der Waals surface area contributed by atoms with Crippen molar-refractivity contribution in [2.45, 2.75) is 65.8 Å². The minimum Gasteiger partial charge on any atom is -0.313 e. The molecule has 0 unspecified atom stereocenters. The molecule has 0 saturated carbocycles. The van der Waals surface area contributed by atoms with Crippen LogP contribution in [0.4, 0.5) is 0 Å². The molecule has 1 nitrogen and oxygen atoms in total. The molecule has 0 aromatic carbocycles. The topological polar surface area (TPSA) is 12.0 Å². The summed E-state index contributed by atoms with van der Waals surface area (Å²) in [6.45, 7) is 15.0. The Morgan fingerprint density at radius 1 is 1.11 bits per heavy atom. The third-order valence-corrected chi connectivity index (χ3v) is 4.77.